The number of amides is 1. The van der Waals surface area contributed by atoms with Crippen molar-refractivity contribution >= 4 is 45.7 Å². The molecule has 0 bridgehead atoms. The Morgan fingerprint density at radius 1 is 1.13 bits per heavy atom. The molecule has 3 rings (SSSR count). The van der Waals surface area contributed by atoms with Crippen LogP contribution in [0.25, 0.3) is 10.9 Å². The molecule has 30 heavy (non-hydrogen) atoms. The van der Waals surface area contributed by atoms with Crippen molar-refractivity contribution in [3.63, 3.8) is 0 Å². The summed E-state index contributed by atoms with van der Waals surface area (Å²) >= 11 is 6.03. The van der Waals surface area contributed by atoms with Crippen LogP contribution in [0.5, 0.6) is 0 Å². The summed E-state index contributed by atoms with van der Waals surface area (Å²) in [6, 6.07) is 5.18. The highest BCUT2D eigenvalue weighted by Crippen LogP contribution is 2.32. The van der Waals surface area contributed by atoms with Crippen LogP contribution in [0.3, 0.4) is 0 Å². The predicted octanol–water partition coefficient (Wildman–Crippen LogP) is 4.96. The first-order valence-electron chi connectivity index (χ1n) is 8.86. The van der Waals surface area contributed by atoms with Crippen LogP contribution in [-0.2, 0) is 11.8 Å². The van der Waals surface area contributed by atoms with Crippen molar-refractivity contribution in [1.82, 2.24) is 9.55 Å². The van der Waals surface area contributed by atoms with Gasteiger partial charge in [-0.3, -0.25) is 10.1 Å². The third kappa shape index (κ3) is 4.51. The van der Waals surface area contributed by atoms with Gasteiger partial charge in [0.25, 0.3) is 5.56 Å². The number of nitrogens with one attached hydrogen (secondary N) is 2. The largest absolute Gasteiger partial charge is 0.444 e. The number of aromatic nitrogens is 2. The summed E-state index contributed by atoms with van der Waals surface area (Å²) in [6.07, 6.45) is 0.406. The van der Waals surface area contributed by atoms with Crippen molar-refractivity contribution in [3.05, 3.63) is 57.6 Å². The highest BCUT2D eigenvalue weighted by Gasteiger charge is 2.20. The molecule has 0 spiro atoms. The zero-order valence-electron chi connectivity index (χ0n) is 16.6. The van der Waals surface area contributed by atoms with Crippen molar-refractivity contribution in [2.24, 2.45) is 7.05 Å². The summed E-state index contributed by atoms with van der Waals surface area (Å²) in [6.45, 7) is 4.99. The summed E-state index contributed by atoms with van der Waals surface area (Å²) in [5.41, 5.74) is -1.81. The lowest BCUT2D eigenvalue weighted by Crippen LogP contribution is -2.27. The Balaban J connectivity index is 1.99. The van der Waals surface area contributed by atoms with Gasteiger partial charge in [-0.25, -0.2) is 18.6 Å². The van der Waals surface area contributed by atoms with Crippen LogP contribution in [0.2, 0.25) is 5.02 Å². The molecular formula is C20H19ClF2N4O3. The molecule has 0 atom stereocenters. The first-order valence-corrected chi connectivity index (χ1v) is 9.24. The number of benzene rings is 2. The molecule has 0 radical (unpaired) electrons. The lowest BCUT2D eigenvalue weighted by Gasteiger charge is -2.20. The Morgan fingerprint density at radius 2 is 1.80 bits per heavy atom. The standard InChI is InChI=1S/C20H19ClF2N4O3/c1-20(2,3)30-19(29)26-14-8-10(21)7-13(16(14)22)25-12-6-5-11-15(17(12)23)18(28)27(4)9-24-11/h5-9,25H,1-4H3,(H,26,29). The molecule has 1 amide bonds. The molecule has 0 saturated carbocycles. The van der Waals surface area contributed by atoms with E-state index in [0.29, 0.717) is 0 Å². The Hall–Kier alpha value is -3.20. The second-order valence-corrected chi connectivity index (χ2v) is 7.99. The van der Waals surface area contributed by atoms with Crippen molar-refractivity contribution in [3.8, 4) is 0 Å². The number of carbonyl (C=O) groups is 1. The van der Waals surface area contributed by atoms with E-state index < -0.39 is 28.9 Å². The Kier molecular flexibility index (Phi) is 5.67. The zero-order chi connectivity index (χ0) is 22.2. The van der Waals surface area contributed by atoms with E-state index in [1.807, 2.05) is 0 Å². The van der Waals surface area contributed by atoms with E-state index in [0.717, 1.165) is 4.57 Å². The van der Waals surface area contributed by atoms with Crippen LogP contribution in [0.1, 0.15) is 20.8 Å². The Labute approximate surface area is 175 Å². The molecule has 0 aliphatic heterocycles. The number of ether oxygens (including phenoxy) is 1. The second-order valence-electron chi connectivity index (χ2n) is 7.55. The summed E-state index contributed by atoms with van der Waals surface area (Å²) in [5.74, 6) is -1.77. The van der Waals surface area contributed by atoms with Gasteiger partial charge >= 0.3 is 6.09 Å². The Bertz CT molecular complexity index is 1210. The van der Waals surface area contributed by atoms with Crippen molar-refractivity contribution in [2.75, 3.05) is 10.6 Å². The third-order valence-corrected chi connectivity index (χ3v) is 4.18. The molecule has 0 unspecified atom stereocenters. The van der Waals surface area contributed by atoms with Crippen molar-refractivity contribution < 1.29 is 18.3 Å². The minimum Gasteiger partial charge on any atom is -0.444 e. The van der Waals surface area contributed by atoms with E-state index in [4.69, 9.17) is 16.3 Å². The van der Waals surface area contributed by atoms with E-state index >= 15 is 0 Å². The first-order chi connectivity index (χ1) is 14.0. The molecule has 10 heteroatoms. The normalized spacial score (nSPS) is 11.4. The highest BCUT2D eigenvalue weighted by molar-refractivity contribution is 6.31. The van der Waals surface area contributed by atoms with Crippen LogP contribution >= 0.6 is 11.6 Å². The smallest absolute Gasteiger partial charge is 0.412 e. The number of aryl methyl sites for hydroxylation is 1. The minimum atomic E-state index is -0.887. The molecule has 0 fully saturated rings. The SMILES string of the molecule is Cn1cnc2ccc(Nc3cc(Cl)cc(NC(=O)OC(C)(C)C)c3F)c(F)c2c1=O. The number of rotatable bonds is 3. The molecule has 158 valence electrons. The number of carbonyl (C=O) groups excluding carboxylic acids is 1. The lowest BCUT2D eigenvalue weighted by molar-refractivity contribution is 0.0635. The molecule has 3 aromatic rings. The Morgan fingerprint density at radius 3 is 2.47 bits per heavy atom. The fraction of sp³-hybridized carbons (Fsp3) is 0.250. The van der Waals surface area contributed by atoms with Crippen molar-refractivity contribution in [1.29, 1.82) is 0 Å². The highest BCUT2D eigenvalue weighted by atomic mass is 35.5. The molecule has 0 saturated heterocycles. The predicted molar refractivity (Wildman–Crippen MR) is 111 cm³/mol. The minimum absolute atomic E-state index is 0.0868. The second kappa shape index (κ2) is 7.91. The molecule has 7 nitrogen and oxygen atoms in total. The van der Waals surface area contributed by atoms with Gasteiger partial charge in [0.05, 0.1) is 28.9 Å². The first kappa shape index (κ1) is 21.5. The van der Waals surface area contributed by atoms with E-state index in [2.05, 4.69) is 15.6 Å². The van der Waals surface area contributed by atoms with Crippen LogP contribution in [0.15, 0.2) is 35.4 Å². The number of hydrogen-bond acceptors (Lipinski definition) is 5. The summed E-state index contributed by atoms with van der Waals surface area (Å²) in [5, 5.41) is 4.71. The molecule has 0 aliphatic rings. The molecule has 1 heterocycles. The van der Waals surface area contributed by atoms with Gasteiger partial charge in [-0.2, -0.15) is 0 Å². The topological polar surface area (TPSA) is 85.2 Å². The van der Waals surface area contributed by atoms with Crippen LogP contribution in [0, 0.1) is 11.6 Å². The van der Waals surface area contributed by atoms with Crippen molar-refractivity contribution in [2.45, 2.75) is 26.4 Å². The fourth-order valence-electron chi connectivity index (χ4n) is 2.68. The molecule has 0 aliphatic carbocycles. The van der Waals surface area contributed by atoms with E-state index in [1.54, 1.807) is 20.8 Å². The van der Waals surface area contributed by atoms with E-state index in [1.165, 1.54) is 37.6 Å². The summed E-state index contributed by atoms with van der Waals surface area (Å²) in [7, 11) is 1.44. The number of hydrogen-bond donors (Lipinski definition) is 2. The van der Waals surface area contributed by atoms with Crippen LogP contribution < -0.4 is 16.2 Å². The number of nitrogens with zero attached hydrogens (tertiary/aromatic N) is 2. The monoisotopic (exact) mass is 436 g/mol. The van der Waals surface area contributed by atoms with Gasteiger partial charge in [0.1, 0.15) is 11.0 Å². The maximum atomic E-state index is 15.0. The maximum Gasteiger partial charge on any atom is 0.412 e. The summed E-state index contributed by atoms with van der Waals surface area (Å²) in [4.78, 5) is 28.2. The van der Waals surface area contributed by atoms with Gasteiger partial charge in [0, 0.05) is 12.1 Å². The van der Waals surface area contributed by atoms with Crippen LogP contribution in [-0.4, -0.2) is 21.2 Å². The van der Waals surface area contributed by atoms with Gasteiger partial charge in [-0.15, -0.1) is 0 Å². The van der Waals surface area contributed by atoms with Gasteiger partial charge < -0.3 is 14.6 Å². The van der Waals surface area contributed by atoms with E-state index in [-0.39, 0.29) is 33.0 Å². The average molecular weight is 437 g/mol. The molecular weight excluding hydrogens is 418 g/mol. The number of halogens is 3. The van der Waals surface area contributed by atoms with E-state index in [9.17, 15) is 18.4 Å². The summed E-state index contributed by atoms with van der Waals surface area (Å²) < 4.78 is 36.1. The average Bonchev–Trinajstić information content (AvgIpc) is 2.62. The zero-order valence-corrected chi connectivity index (χ0v) is 17.4. The maximum absolute atomic E-state index is 15.0. The quantitative estimate of drug-likeness (QED) is 0.606. The molecule has 1 aromatic heterocycles. The third-order valence-electron chi connectivity index (χ3n) is 3.97. The van der Waals surface area contributed by atoms with Crippen LogP contribution in [0.4, 0.5) is 30.6 Å². The number of fused-ring (bicyclic) bond motifs is 1. The molecule has 2 aromatic carbocycles. The lowest BCUT2D eigenvalue weighted by atomic mass is 10.2. The van der Waals surface area contributed by atoms with Gasteiger partial charge in [-0.05, 0) is 45.0 Å². The fourth-order valence-corrected chi connectivity index (χ4v) is 2.90. The van der Waals surface area contributed by atoms with Gasteiger partial charge in [-0.1, -0.05) is 11.6 Å². The number of anilines is 3. The molecule has 2 N–H and O–H groups in total. The van der Waals surface area contributed by atoms with Gasteiger partial charge in [0.2, 0.25) is 0 Å². The van der Waals surface area contributed by atoms with Gasteiger partial charge in [0.15, 0.2) is 11.6 Å².